The van der Waals surface area contributed by atoms with Crippen LogP contribution in [0.3, 0.4) is 0 Å². The molecule has 3 aromatic rings. The first kappa shape index (κ1) is 21.4. The van der Waals surface area contributed by atoms with Crippen molar-refractivity contribution in [3.8, 4) is 5.75 Å². The number of amides is 1. The molecule has 6 nitrogen and oxygen atoms in total. The van der Waals surface area contributed by atoms with Gasteiger partial charge in [-0.05, 0) is 43.3 Å². The second-order valence-corrected chi connectivity index (χ2v) is 7.58. The number of hydrogen-bond donors (Lipinski definition) is 1. The third kappa shape index (κ3) is 5.62. The van der Waals surface area contributed by atoms with Crippen LogP contribution in [0.15, 0.2) is 47.6 Å². The Kier molecular flexibility index (Phi) is 7.35. The summed E-state index contributed by atoms with van der Waals surface area (Å²) >= 11 is 13.4. The SMILES string of the molecule is CCn1c(COc2ccc(F)cc2)nnc1SCC(=O)Nc1c(Cl)cccc1Cl. The van der Waals surface area contributed by atoms with Crippen molar-refractivity contribution in [1.82, 2.24) is 14.8 Å². The minimum absolute atomic E-state index is 0.110. The summed E-state index contributed by atoms with van der Waals surface area (Å²) < 4.78 is 20.4. The maximum Gasteiger partial charge on any atom is 0.234 e. The molecule has 0 fully saturated rings. The maximum atomic E-state index is 13.0. The normalized spacial score (nSPS) is 10.8. The van der Waals surface area contributed by atoms with Crippen molar-refractivity contribution < 1.29 is 13.9 Å². The number of halogens is 3. The van der Waals surface area contributed by atoms with E-state index in [1.165, 1.54) is 23.9 Å². The Balaban J connectivity index is 1.59. The van der Waals surface area contributed by atoms with Crippen LogP contribution in [0.2, 0.25) is 10.0 Å². The molecule has 0 aliphatic carbocycles. The lowest BCUT2D eigenvalue weighted by Crippen LogP contribution is -2.15. The van der Waals surface area contributed by atoms with Crippen LogP contribution in [0.25, 0.3) is 0 Å². The van der Waals surface area contributed by atoms with Crippen molar-refractivity contribution in [3.05, 3.63) is 64.2 Å². The summed E-state index contributed by atoms with van der Waals surface area (Å²) in [6.07, 6.45) is 0. The van der Waals surface area contributed by atoms with Crippen LogP contribution in [-0.2, 0) is 17.9 Å². The van der Waals surface area contributed by atoms with Gasteiger partial charge in [-0.25, -0.2) is 4.39 Å². The van der Waals surface area contributed by atoms with Crippen LogP contribution in [0.1, 0.15) is 12.7 Å². The second-order valence-electron chi connectivity index (χ2n) is 5.82. The topological polar surface area (TPSA) is 69.0 Å². The lowest BCUT2D eigenvalue weighted by Gasteiger charge is -2.10. The number of anilines is 1. The molecule has 1 N–H and O–H groups in total. The first-order chi connectivity index (χ1) is 14.0. The number of aromatic nitrogens is 3. The van der Waals surface area contributed by atoms with Gasteiger partial charge in [0.2, 0.25) is 5.91 Å². The highest BCUT2D eigenvalue weighted by Gasteiger charge is 2.15. The van der Waals surface area contributed by atoms with E-state index in [9.17, 15) is 9.18 Å². The molecule has 0 aliphatic rings. The molecule has 0 unspecified atom stereocenters. The summed E-state index contributed by atoms with van der Waals surface area (Å²) in [6.45, 7) is 2.72. The molecule has 29 heavy (non-hydrogen) atoms. The summed E-state index contributed by atoms with van der Waals surface area (Å²) in [6, 6.07) is 10.7. The van der Waals surface area contributed by atoms with E-state index in [2.05, 4.69) is 15.5 Å². The van der Waals surface area contributed by atoms with E-state index in [0.717, 1.165) is 0 Å². The number of thioether (sulfide) groups is 1. The maximum absolute atomic E-state index is 13.0. The molecule has 1 amide bonds. The molecule has 0 saturated carbocycles. The van der Waals surface area contributed by atoms with E-state index in [0.29, 0.717) is 39.0 Å². The molecular formula is C19H17Cl2FN4O2S. The molecule has 0 spiro atoms. The largest absolute Gasteiger partial charge is 0.486 e. The minimum atomic E-state index is -0.330. The van der Waals surface area contributed by atoms with Crippen molar-refractivity contribution in [1.29, 1.82) is 0 Å². The van der Waals surface area contributed by atoms with E-state index in [1.54, 1.807) is 30.3 Å². The third-order valence-corrected chi connectivity index (χ3v) is 5.45. The van der Waals surface area contributed by atoms with Gasteiger partial charge in [0.15, 0.2) is 11.0 Å². The van der Waals surface area contributed by atoms with E-state index >= 15 is 0 Å². The molecule has 0 saturated heterocycles. The molecule has 152 valence electrons. The smallest absolute Gasteiger partial charge is 0.234 e. The van der Waals surface area contributed by atoms with E-state index < -0.39 is 0 Å². The number of benzene rings is 2. The van der Waals surface area contributed by atoms with Gasteiger partial charge in [-0.15, -0.1) is 10.2 Å². The molecule has 3 rings (SSSR count). The van der Waals surface area contributed by atoms with Gasteiger partial charge in [0.25, 0.3) is 0 Å². The Hall–Kier alpha value is -2.29. The number of para-hydroxylation sites is 1. The van der Waals surface area contributed by atoms with Crippen LogP contribution in [-0.4, -0.2) is 26.4 Å². The van der Waals surface area contributed by atoms with Gasteiger partial charge >= 0.3 is 0 Å². The highest BCUT2D eigenvalue weighted by Crippen LogP contribution is 2.30. The fourth-order valence-electron chi connectivity index (χ4n) is 2.45. The number of carbonyl (C=O) groups is 1. The fourth-order valence-corrected chi connectivity index (χ4v) is 3.76. The predicted molar refractivity (Wildman–Crippen MR) is 112 cm³/mol. The van der Waals surface area contributed by atoms with Crippen LogP contribution in [0, 0.1) is 5.82 Å². The molecule has 0 aliphatic heterocycles. The molecule has 10 heteroatoms. The summed E-state index contributed by atoms with van der Waals surface area (Å²) in [5.41, 5.74) is 0.381. The summed E-state index contributed by atoms with van der Waals surface area (Å²) in [5.74, 6) is 0.651. The van der Waals surface area contributed by atoms with E-state index in [4.69, 9.17) is 27.9 Å². The van der Waals surface area contributed by atoms with E-state index in [1.807, 2.05) is 11.5 Å². The summed E-state index contributed by atoms with van der Waals surface area (Å²) in [5, 5.41) is 12.3. The summed E-state index contributed by atoms with van der Waals surface area (Å²) in [4.78, 5) is 12.3. The summed E-state index contributed by atoms with van der Waals surface area (Å²) in [7, 11) is 0. The molecular weight excluding hydrogens is 438 g/mol. The number of nitrogens with one attached hydrogen (secondary N) is 1. The Morgan fingerprint density at radius 3 is 2.52 bits per heavy atom. The molecule has 1 heterocycles. The van der Waals surface area contributed by atoms with Gasteiger partial charge in [-0.2, -0.15) is 0 Å². The molecule has 2 aromatic carbocycles. The second kappa shape index (κ2) is 9.96. The van der Waals surface area contributed by atoms with Gasteiger partial charge in [0.05, 0.1) is 21.5 Å². The number of ether oxygens (including phenoxy) is 1. The number of nitrogens with zero attached hydrogens (tertiary/aromatic N) is 3. The number of rotatable bonds is 8. The zero-order valence-electron chi connectivity index (χ0n) is 15.4. The Labute approximate surface area is 181 Å². The lowest BCUT2D eigenvalue weighted by atomic mass is 10.3. The standard InChI is InChI=1S/C19H17Cl2FN4O2S/c1-2-26-16(10-28-13-8-6-12(22)7-9-13)24-25-19(26)29-11-17(27)23-18-14(20)4-3-5-15(18)21/h3-9H,2,10-11H2,1H3,(H,23,27). The average molecular weight is 455 g/mol. The number of hydrogen-bond acceptors (Lipinski definition) is 5. The Morgan fingerprint density at radius 2 is 1.86 bits per heavy atom. The van der Waals surface area contributed by atoms with Gasteiger partial charge in [-0.1, -0.05) is 41.0 Å². The molecule has 0 radical (unpaired) electrons. The highest BCUT2D eigenvalue weighted by molar-refractivity contribution is 7.99. The lowest BCUT2D eigenvalue weighted by molar-refractivity contribution is -0.113. The number of carbonyl (C=O) groups excluding carboxylic acids is 1. The van der Waals surface area contributed by atoms with Gasteiger partial charge < -0.3 is 14.6 Å². The molecule has 0 atom stereocenters. The molecule has 1 aromatic heterocycles. The third-order valence-electron chi connectivity index (χ3n) is 3.85. The Morgan fingerprint density at radius 1 is 1.17 bits per heavy atom. The van der Waals surface area contributed by atoms with Crippen molar-refractivity contribution in [2.24, 2.45) is 0 Å². The fraction of sp³-hybridized carbons (Fsp3) is 0.211. The van der Waals surface area contributed by atoms with Crippen LogP contribution < -0.4 is 10.1 Å². The monoisotopic (exact) mass is 454 g/mol. The van der Waals surface area contributed by atoms with Gasteiger partial charge in [0.1, 0.15) is 18.2 Å². The van der Waals surface area contributed by atoms with Crippen LogP contribution >= 0.6 is 35.0 Å². The average Bonchev–Trinajstić information content (AvgIpc) is 3.10. The first-order valence-corrected chi connectivity index (χ1v) is 10.4. The zero-order valence-corrected chi connectivity index (χ0v) is 17.7. The molecule has 0 bridgehead atoms. The van der Waals surface area contributed by atoms with Crippen molar-refractivity contribution in [3.63, 3.8) is 0 Å². The van der Waals surface area contributed by atoms with E-state index in [-0.39, 0.29) is 24.1 Å². The van der Waals surface area contributed by atoms with Crippen LogP contribution in [0.5, 0.6) is 5.75 Å². The van der Waals surface area contributed by atoms with Gasteiger partial charge in [0, 0.05) is 6.54 Å². The first-order valence-electron chi connectivity index (χ1n) is 8.65. The van der Waals surface area contributed by atoms with Gasteiger partial charge in [-0.3, -0.25) is 4.79 Å². The zero-order chi connectivity index (χ0) is 20.8. The van der Waals surface area contributed by atoms with Crippen molar-refractivity contribution in [2.45, 2.75) is 25.2 Å². The highest BCUT2D eigenvalue weighted by atomic mass is 35.5. The van der Waals surface area contributed by atoms with Crippen molar-refractivity contribution in [2.75, 3.05) is 11.1 Å². The Bertz CT molecular complexity index is 978. The predicted octanol–water partition coefficient (Wildman–Crippen LogP) is 5.05. The minimum Gasteiger partial charge on any atom is -0.486 e. The van der Waals surface area contributed by atoms with Crippen LogP contribution in [0.4, 0.5) is 10.1 Å². The quantitative estimate of drug-likeness (QED) is 0.482. The van der Waals surface area contributed by atoms with Crippen molar-refractivity contribution >= 4 is 46.6 Å².